The highest BCUT2D eigenvalue weighted by Gasteiger charge is 2.14. The number of hydrogen-bond acceptors (Lipinski definition) is 4. The van der Waals surface area contributed by atoms with Crippen molar-refractivity contribution in [2.24, 2.45) is 0 Å². The van der Waals surface area contributed by atoms with E-state index < -0.39 is 0 Å². The van der Waals surface area contributed by atoms with E-state index in [0.717, 1.165) is 36.8 Å². The average Bonchev–Trinajstić information content (AvgIpc) is 2.54. The highest BCUT2D eigenvalue weighted by Crippen LogP contribution is 2.16. The van der Waals surface area contributed by atoms with Gasteiger partial charge in [0, 0.05) is 5.39 Å². The number of rotatable bonds is 4. The molecule has 1 aliphatic rings. The molecule has 22 heavy (non-hydrogen) atoms. The number of pyridine rings is 1. The van der Waals surface area contributed by atoms with Crippen LogP contribution in [0.5, 0.6) is 0 Å². The van der Waals surface area contributed by atoms with Crippen LogP contribution < -0.4 is 10.6 Å². The molecular formula is C16H20ClN3O2. The summed E-state index contributed by atoms with van der Waals surface area (Å²) < 4.78 is 5.63. The lowest BCUT2D eigenvalue weighted by Crippen LogP contribution is -2.34. The molecule has 1 aromatic heterocycles. The van der Waals surface area contributed by atoms with Crippen LogP contribution in [0.4, 0.5) is 5.69 Å². The number of carbonyl (C=O) groups excluding carboxylic acids is 1. The van der Waals surface area contributed by atoms with Gasteiger partial charge in [-0.05, 0) is 38.1 Å². The van der Waals surface area contributed by atoms with Crippen molar-refractivity contribution < 1.29 is 9.53 Å². The Bertz CT molecular complexity index is 630. The summed E-state index contributed by atoms with van der Waals surface area (Å²) in [5.41, 5.74) is 1.62. The molecule has 1 fully saturated rings. The zero-order chi connectivity index (χ0) is 14.5. The number of nitrogens with one attached hydrogen (secondary N) is 2. The van der Waals surface area contributed by atoms with Gasteiger partial charge in [0.05, 0.1) is 23.5 Å². The maximum atomic E-state index is 11.9. The lowest BCUT2D eigenvalue weighted by molar-refractivity contribution is -0.123. The Morgan fingerprint density at radius 3 is 2.91 bits per heavy atom. The van der Waals surface area contributed by atoms with Crippen LogP contribution >= 0.6 is 12.4 Å². The second-order valence-corrected chi connectivity index (χ2v) is 5.23. The molecule has 2 heterocycles. The second kappa shape index (κ2) is 8.08. The molecule has 1 saturated heterocycles. The van der Waals surface area contributed by atoms with Gasteiger partial charge in [-0.2, -0.15) is 0 Å². The molecule has 1 amide bonds. The first-order valence-electron chi connectivity index (χ1n) is 7.28. The number of anilines is 1. The third-order valence-electron chi connectivity index (χ3n) is 3.61. The first kappa shape index (κ1) is 16.7. The van der Waals surface area contributed by atoms with E-state index in [1.165, 1.54) is 0 Å². The van der Waals surface area contributed by atoms with Gasteiger partial charge in [-0.1, -0.05) is 18.2 Å². The third kappa shape index (κ3) is 4.40. The van der Waals surface area contributed by atoms with Crippen molar-refractivity contribution in [2.45, 2.75) is 18.9 Å². The third-order valence-corrected chi connectivity index (χ3v) is 3.61. The van der Waals surface area contributed by atoms with E-state index in [4.69, 9.17) is 4.74 Å². The highest BCUT2D eigenvalue weighted by atomic mass is 35.5. The number of ether oxygens (including phenoxy) is 1. The first-order chi connectivity index (χ1) is 10.3. The molecule has 5 nitrogen and oxygen atoms in total. The van der Waals surface area contributed by atoms with Crippen molar-refractivity contribution >= 4 is 34.9 Å². The quantitative estimate of drug-likeness (QED) is 0.907. The van der Waals surface area contributed by atoms with Crippen LogP contribution in [0, 0.1) is 0 Å². The number of amides is 1. The number of benzene rings is 1. The summed E-state index contributed by atoms with van der Waals surface area (Å²) in [6.45, 7) is 2.01. The number of halogens is 1. The molecule has 1 aliphatic heterocycles. The lowest BCUT2D eigenvalue weighted by atomic mass is 10.1. The van der Waals surface area contributed by atoms with E-state index in [1.54, 1.807) is 6.20 Å². The van der Waals surface area contributed by atoms with E-state index in [2.05, 4.69) is 15.6 Å². The molecule has 0 saturated carbocycles. The summed E-state index contributed by atoms with van der Waals surface area (Å²) >= 11 is 0. The minimum Gasteiger partial charge on any atom is -0.368 e. The summed E-state index contributed by atoms with van der Waals surface area (Å²) in [5, 5.41) is 7.11. The molecule has 1 aromatic carbocycles. The summed E-state index contributed by atoms with van der Waals surface area (Å²) in [6.07, 6.45) is 3.78. The molecular weight excluding hydrogens is 302 g/mol. The molecule has 3 rings (SSSR count). The van der Waals surface area contributed by atoms with Crippen molar-refractivity contribution in [3.05, 3.63) is 36.5 Å². The van der Waals surface area contributed by atoms with Gasteiger partial charge in [0.15, 0.2) is 0 Å². The van der Waals surface area contributed by atoms with Gasteiger partial charge < -0.3 is 15.4 Å². The standard InChI is InChI=1S/C16H19N3O2.ClH/c20-16(11-21-14-5-7-17-8-6-14)19-13-9-12-3-1-2-4-15(12)18-10-13;/h1-4,9-10,14,17H,5-8,11H2,(H,19,20);1H. The van der Waals surface area contributed by atoms with Crippen LogP contribution in [0.15, 0.2) is 36.5 Å². The van der Waals surface area contributed by atoms with Crippen molar-refractivity contribution in [3.8, 4) is 0 Å². The molecule has 6 heteroatoms. The van der Waals surface area contributed by atoms with Crippen LogP contribution in [0.2, 0.25) is 0 Å². The first-order valence-corrected chi connectivity index (χ1v) is 7.28. The van der Waals surface area contributed by atoms with Gasteiger partial charge >= 0.3 is 0 Å². The minimum absolute atomic E-state index is 0. The molecule has 118 valence electrons. The molecule has 0 unspecified atom stereocenters. The van der Waals surface area contributed by atoms with Crippen LogP contribution in [0.3, 0.4) is 0 Å². The highest BCUT2D eigenvalue weighted by molar-refractivity contribution is 5.93. The number of carbonyl (C=O) groups is 1. The van der Waals surface area contributed by atoms with E-state index in [0.29, 0.717) is 5.69 Å². The van der Waals surface area contributed by atoms with Crippen LogP contribution in [-0.4, -0.2) is 36.7 Å². The molecule has 0 atom stereocenters. The smallest absolute Gasteiger partial charge is 0.250 e. The number of aromatic nitrogens is 1. The Morgan fingerprint density at radius 1 is 1.32 bits per heavy atom. The predicted molar refractivity (Wildman–Crippen MR) is 89.5 cm³/mol. The van der Waals surface area contributed by atoms with E-state index >= 15 is 0 Å². The number of piperidine rings is 1. The van der Waals surface area contributed by atoms with Crippen LogP contribution in [-0.2, 0) is 9.53 Å². The number of para-hydroxylation sites is 1. The molecule has 0 bridgehead atoms. The summed E-state index contributed by atoms with van der Waals surface area (Å²) in [5.74, 6) is -0.134. The molecule has 2 aromatic rings. The SMILES string of the molecule is Cl.O=C(COC1CCNCC1)Nc1cnc2ccccc2c1. The van der Waals surface area contributed by atoms with Crippen molar-refractivity contribution in [2.75, 3.05) is 25.0 Å². The van der Waals surface area contributed by atoms with Gasteiger partial charge in [-0.25, -0.2) is 0 Å². The van der Waals surface area contributed by atoms with Gasteiger partial charge in [-0.15, -0.1) is 12.4 Å². The molecule has 2 N–H and O–H groups in total. The zero-order valence-corrected chi connectivity index (χ0v) is 13.1. The average molecular weight is 322 g/mol. The zero-order valence-electron chi connectivity index (χ0n) is 12.2. The fourth-order valence-electron chi connectivity index (χ4n) is 2.49. The van der Waals surface area contributed by atoms with Crippen molar-refractivity contribution in [1.82, 2.24) is 10.3 Å². The van der Waals surface area contributed by atoms with Crippen molar-refractivity contribution in [3.63, 3.8) is 0 Å². The Morgan fingerprint density at radius 2 is 2.09 bits per heavy atom. The lowest BCUT2D eigenvalue weighted by Gasteiger charge is -2.22. The van der Waals surface area contributed by atoms with Gasteiger partial charge in [0.25, 0.3) is 0 Å². The van der Waals surface area contributed by atoms with Gasteiger partial charge in [-0.3, -0.25) is 9.78 Å². The largest absolute Gasteiger partial charge is 0.368 e. The van der Waals surface area contributed by atoms with E-state index in [1.807, 2.05) is 30.3 Å². The Labute approximate surface area is 135 Å². The summed E-state index contributed by atoms with van der Waals surface area (Å²) in [6, 6.07) is 9.74. The Hall–Kier alpha value is -1.69. The second-order valence-electron chi connectivity index (χ2n) is 5.23. The normalized spacial score (nSPS) is 15.3. The molecule has 0 radical (unpaired) electrons. The Kier molecular flexibility index (Phi) is 6.12. The topological polar surface area (TPSA) is 63.2 Å². The van der Waals surface area contributed by atoms with E-state index in [-0.39, 0.29) is 31.0 Å². The summed E-state index contributed by atoms with van der Waals surface area (Å²) in [4.78, 5) is 16.2. The number of nitrogens with zero attached hydrogens (tertiary/aromatic N) is 1. The summed E-state index contributed by atoms with van der Waals surface area (Å²) in [7, 11) is 0. The predicted octanol–water partition coefficient (Wildman–Crippen LogP) is 2.36. The van der Waals surface area contributed by atoms with Gasteiger partial charge in [0.1, 0.15) is 6.61 Å². The van der Waals surface area contributed by atoms with Gasteiger partial charge in [0.2, 0.25) is 5.91 Å². The maximum absolute atomic E-state index is 11.9. The monoisotopic (exact) mass is 321 g/mol. The van der Waals surface area contributed by atoms with Crippen molar-refractivity contribution in [1.29, 1.82) is 0 Å². The fourth-order valence-corrected chi connectivity index (χ4v) is 2.49. The van der Waals surface area contributed by atoms with E-state index in [9.17, 15) is 4.79 Å². The van der Waals surface area contributed by atoms with Crippen LogP contribution in [0.1, 0.15) is 12.8 Å². The minimum atomic E-state index is -0.134. The maximum Gasteiger partial charge on any atom is 0.250 e. The number of fused-ring (bicyclic) bond motifs is 1. The molecule has 0 aliphatic carbocycles. The molecule has 0 spiro atoms. The Balaban J connectivity index is 0.00000176. The number of hydrogen-bond donors (Lipinski definition) is 2. The van der Waals surface area contributed by atoms with Crippen LogP contribution in [0.25, 0.3) is 10.9 Å². The fraction of sp³-hybridized carbons (Fsp3) is 0.375.